The van der Waals surface area contributed by atoms with Gasteiger partial charge in [-0.1, -0.05) is 6.92 Å². The highest BCUT2D eigenvalue weighted by molar-refractivity contribution is 9.11. The van der Waals surface area contributed by atoms with Crippen molar-refractivity contribution in [2.75, 3.05) is 6.54 Å². The lowest BCUT2D eigenvalue weighted by Crippen LogP contribution is -2.22. The average molecular weight is 328 g/mol. The van der Waals surface area contributed by atoms with Crippen LogP contribution in [-0.2, 0) is 0 Å². The van der Waals surface area contributed by atoms with Gasteiger partial charge in [-0.15, -0.1) is 11.3 Å². The van der Waals surface area contributed by atoms with Gasteiger partial charge in [0.1, 0.15) is 11.5 Å². The molecule has 1 N–H and O–H groups in total. The van der Waals surface area contributed by atoms with E-state index in [9.17, 15) is 0 Å². The molecule has 0 bridgehead atoms. The Morgan fingerprint density at radius 1 is 1.39 bits per heavy atom. The molecule has 2 heterocycles. The van der Waals surface area contributed by atoms with E-state index in [4.69, 9.17) is 4.42 Å². The van der Waals surface area contributed by atoms with Crippen molar-refractivity contribution in [1.82, 2.24) is 5.32 Å². The third kappa shape index (κ3) is 3.05. The molecular formula is C14H18BrNOS. The molecule has 2 aromatic heterocycles. The van der Waals surface area contributed by atoms with Gasteiger partial charge >= 0.3 is 0 Å². The lowest BCUT2D eigenvalue weighted by atomic mass is 10.0. The number of thiophene rings is 1. The Morgan fingerprint density at radius 2 is 2.17 bits per heavy atom. The minimum Gasteiger partial charge on any atom is -0.466 e. The zero-order valence-corrected chi connectivity index (χ0v) is 13.3. The quantitative estimate of drug-likeness (QED) is 0.852. The van der Waals surface area contributed by atoms with Gasteiger partial charge in [0.2, 0.25) is 0 Å². The molecule has 2 rings (SSSR count). The van der Waals surface area contributed by atoms with Crippen LogP contribution in [-0.4, -0.2) is 6.54 Å². The van der Waals surface area contributed by atoms with E-state index in [-0.39, 0.29) is 6.04 Å². The second-order valence-corrected chi connectivity index (χ2v) is 6.73. The van der Waals surface area contributed by atoms with E-state index in [2.05, 4.69) is 45.7 Å². The van der Waals surface area contributed by atoms with E-state index in [1.54, 1.807) is 11.3 Å². The van der Waals surface area contributed by atoms with Crippen LogP contribution < -0.4 is 5.32 Å². The van der Waals surface area contributed by atoms with Gasteiger partial charge in [0.25, 0.3) is 0 Å². The summed E-state index contributed by atoms with van der Waals surface area (Å²) in [5.74, 6) is 1.98. The molecule has 18 heavy (non-hydrogen) atoms. The number of rotatable bonds is 5. The molecule has 2 aromatic rings. The summed E-state index contributed by atoms with van der Waals surface area (Å²) >= 11 is 5.25. The van der Waals surface area contributed by atoms with Gasteiger partial charge in [0, 0.05) is 5.56 Å². The zero-order valence-electron chi connectivity index (χ0n) is 10.9. The molecule has 0 amide bonds. The standard InChI is InChI=1S/C14H18BrNOS/c1-4-5-16-14(11-7-13(15)18-8-11)12-6-9(2)17-10(12)3/h6-8,14,16H,4-5H2,1-3H3. The largest absolute Gasteiger partial charge is 0.466 e. The van der Waals surface area contributed by atoms with E-state index in [1.165, 1.54) is 14.9 Å². The van der Waals surface area contributed by atoms with Gasteiger partial charge in [-0.25, -0.2) is 0 Å². The Labute approximate surface area is 121 Å². The number of aryl methyl sites for hydroxylation is 2. The van der Waals surface area contributed by atoms with Crippen LogP contribution in [0.2, 0.25) is 0 Å². The van der Waals surface area contributed by atoms with Crippen LogP contribution in [0.4, 0.5) is 0 Å². The summed E-state index contributed by atoms with van der Waals surface area (Å²) in [5, 5.41) is 5.79. The number of hydrogen-bond acceptors (Lipinski definition) is 3. The number of nitrogens with one attached hydrogen (secondary N) is 1. The summed E-state index contributed by atoms with van der Waals surface area (Å²) in [6.07, 6.45) is 1.12. The summed E-state index contributed by atoms with van der Waals surface area (Å²) in [5.41, 5.74) is 2.54. The first-order valence-electron chi connectivity index (χ1n) is 6.16. The molecule has 0 radical (unpaired) electrons. The molecule has 0 saturated carbocycles. The minimum absolute atomic E-state index is 0.227. The summed E-state index contributed by atoms with van der Waals surface area (Å²) in [4.78, 5) is 0. The van der Waals surface area contributed by atoms with Crippen molar-refractivity contribution in [3.63, 3.8) is 0 Å². The van der Waals surface area contributed by atoms with E-state index < -0.39 is 0 Å². The van der Waals surface area contributed by atoms with E-state index in [0.717, 1.165) is 24.5 Å². The lowest BCUT2D eigenvalue weighted by molar-refractivity contribution is 0.493. The lowest BCUT2D eigenvalue weighted by Gasteiger charge is -2.17. The van der Waals surface area contributed by atoms with Gasteiger partial charge in [0.05, 0.1) is 9.83 Å². The first kappa shape index (κ1) is 13.8. The summed E-state index contributed by atoms with van der Waals surface area (Å²) in [6, 6.07) is 4.54. The first-order valence-corrected chi connectivity index (χ1v) is 7.83. The Hall–Kier alpha value is -0.580. The zero-order chi connectivity index (χ0) is 13.1. The fraction of sp³-hybridized carbons (Fsp3) is 0.429. The molecule has 98 valence electrons. The molecule has 0 aliphatic carbocycles. The molecule has 4 heteroatoms. The highest BCUT2D eigenvalue weighted by atomic mass is 79.9. The van der Waals surface area contributed by atoms with Gasteiger partial charge in [0.15, 0.2) is 0 Å². The van der Waals surface area contributed by atoms with Gasteiger partial charge in [-0.2, -0.15) is 0 Å². The van der Waals surface area contributed by atoms with Crippen molar-refractivity contribution < 1.29 is 4.42 Å². The maximum atomic E-state index is 5.66. The SMILES string of the molecule is CCCNC(c1csc(Br)c1)c1cc(C)oc1C. The number of hydrogen-bond donors (Lipinski definition) is 1. The first-order chi connectivity index (χ1) is 8.61. The minimum atomic E-state index is 0.227. The smallest absolute Gasteiger partial charge is 0.106 e. The Bertz CT molecular complexity index is 518. The molecular weight excluding hydrogens is 310 g/mol. The van der Waals surface area contributed by atoms with Gasteiger partial charge in [-0.05, 0) is 65.8 Å². The van der Waals surface area contributed by atoms with E-state index >= 15 is 0 Å². The Balaban J connectivity index is 2.33. The average Bonchev–Trinajstić information content (AvgIpc) is 2.87. The molecule has 0 saturated heterocycles. The fourth-order valence-corrected chi connectivity index (χ4v) is 3.31. The Morgan fingerprint density at radius 3 is 2.67 bits per heavy atom. The van der Waals surface area contributed by atoms with Crippen LogP contribution in [0, 0.1) is 13.8 Å². The maximum absolute atomic E-state index is 5.66. The van der Waals surface area contributed by atoms with Gasteiger partial charge in [-0.3, -0.25) is 0 Å². The van der Waals surface area contributed by atoms with Crippen molar-refractivity contribution in [2.45, 2.75) is 33.2 Å². The third-order valence-corrected chi connectivity index (χ3v) is 4.43. The summed E-state index contributed by atoms with van der Waals surface area (Å²) in [6.45, 7) is 7.21. The highest BCUT2D eigenvalue weighted by Crippen LogP contribution is 2.32. The molecule has 0 fully saturated rings. The van der Waals surface area contributed by atoms with Crippen LogP contribution in [0.25, 0.3) is 0 Å². The second kappa shape index (κ2) is 6.04. The molecule has 0 aliphatic rings. The van der Waals surface area contributed by atoms with Crippen molar-refractivity contribution in [2.24, 2.45) is 0 Å². The second-order valence-electron chi connectivity index (χ2n) is 4.44. The number of halogens is 1. The molecule has 0 aromatic carbocycles. The normalized spacial score (nSPS) is 12.9. The molecule has 0 aliphatic heterocycles. The molecule has 1 unspecified atom stereocenters. The molecule has 2 nitrogen and oxygen atoms in total. The van der Waals surface area contributed by atoms with Crippen LogP contribution >= 0.6 is 27.3 Å². The molecule has 0 spiro atoms. The Kier molecular flexibility index (Phi) is 4.65. The van der Waals surface area contributed by atoms with Crippen molar-refractivity contribution >= 4 is 27.3 Å². The van der Waals surface area contributed by atoms with E-state index in [1.807, 2.05) is 13.8 Å². The van der Waals surface area contributed by atoms with Crippen LogP contribution in [0.15, 0.2) is 25.7 Å². The summed E-state index contributed by atoms with van der Waals surface area (Å²) < 4.78 is 6.82. The fourth-order valence-electron chi connectivity index (χ4n) is 2.11. The van der Waals surface area contributed by atoms with Crippen LogP contribution in [0.3, 0.4) is 0 Å². The monoisotopic (exact) mass is 327 g/mol. The highest BCUT2D eigenvalue weighted by Gasteiger charge is 2.19. The predicted octanol–water partition coefficient (Wildman–Crippen LogP) is 4.81. The topological polar surface area (TPSA) is 25.2 Å². The van der Waals surface area contributed by atoms with Crippen LogP contribution in [0.1, 0.15) is 42.0 Å². The number of furan rings is 1. The van der Waals surface area contributed by atoms with Crippen molar-refractivity contribution in [3.05, 3.63) is 43.9 Å². The predicted molar refractivity (Wildman–Crippen MR) is 80.3 cm³/mol. The van der Waals surface area contributed by atoms with Crippen LogP contribution in [0.5, 0.6) is 0 Å². The summed E-state index contributed by atoms with van der Waals surface area (Å²) in [7, 11) is 0. The van der Waals surface area contributed by atoms with Crippen molar-refractivity contribution in [1.29, 1.82) is 0 Å². The maximum Gasteiger partial charge on any atom is 0.106 e. The molecule has 1 atom stereocenters. The third-order valence-electron chi connectivity index (χ3n) is 2.91. The van der Waals surface area contributed by atoms with Crippen molar-refractivity contribution in [3.8, 4) is 0 Å². The van der Waals surface area contributed by atoms with E-state index in [0.29, 0.717) is 0 Å². The van der Waals surface area contributed by atoms with Gasteiger partial charge < -0.3 is 9.73 Å².